The number of nitrogens with one attached hydrogen (secondary N) is 1. The normalized spacial score (nSPS) is 19.8. The maximum atomic E-state index is 11.6. The Hall–Kier alpha value is -2.85. The molecule has 1 amide bonds. The van der Waals surface area contributed by atoms with Crippen LogP contribution in [-0.2, 0) is 44.7 Å². The van der Waals surface area contributed by atoms with Crippen LogP contribution in [0.5, 0.6) is 0 Å². The Morgan fingerprint density at radius 2 is 2.24 bits per heavy atom. The molecule has 3 aromatic rings. The summed E-state index contributed by atoms with van der Waals surface area (Å²) in [6, 6.07) is 3.94. The summed E-state index contributed by atoms with van der Waals surface area (Å²) in [6.45, 7) is 3.84. The molecule has 0 bridgehead atoms. The first-order chi connectivity index (χ1) is 16.0. The van der Waals surface area contributed by atoms with Gasteiger partial charge in [-0.25, -0.2) is 9.97 Å². The lowest BCUT2D eigenvalue weighted by Crippen LogP contribution is -2.38. The minimum atomic E-state index is -0.539. The SMILES string of the molecule is CC(=O)Nc1cc2c(-c3cc(COCCO)c4c(n3)C3(CCOC3)OCC4)cn(C)c2cn1. The number of aliphatic hydroxyl groups excluding tert-OH is 1. The van der Waals surface area contributed by atoms with E-state index in [1.807, 2.05) is 23.9 Å². The number of pyridine rings is 2. The highest BCUT2D eigenvalue weighted by Crippen LogP contribution is 2.42. The van der Waals surface area contributed by atoms with Gasteiger partial charge in [0, 0.05) is 44.1 Å². The van der Waals surface area contributed by atoms with Crippen LogP contribution in [0.4, 0.5) is 5.82 Å². The van der Waals surface area contributed by atoms with Gasteiger partial charge in [-0.1, -0.05) is 0 Å². The quantitative estimate of drug-likeness (QED) is 0.553. The van der Waals surface area contributed by atoms with Crippen LogP contribution < -0.4 is 5.32 Å². The van der Waals surface area contributed by atoms with Crippen molar-refractivity contribution >= 4 is 22.6 Å². The Balaban J connectivity index is 1.67. The Morgan fingerprint density at radius 1 is 1.36 bits per heavy atom. The van der Waals surface area contributed by atoms with E-state index in [4.69, 9.17) is 19.2 Å². The van der Waals surface area contributed by atoms with Crippen LogP contribution in [0.15, 0.2) is 24.5 Å². The lowest BCUT2D eigenvalue weighted by Gasteiger charge is -2.35. The van der Waals surface area contributed by atoms with Gasteiger partial charge in [0.2, 0.25) is 5.91 Å². The molecule has 2 N–H and O–H groups in total. The molecule has 2 aliphatic rings. The summed E-state index contributed by atoms with van der Waals surface area (Å²) in [5, 5.41) is 12.9. The summed E-state index contributed by atoms with van der Waals surface area (Å²) in [5.41, 5.74) is 5.25. The lowest BCUT2D eigenvalue weighted by molar-refractivity contribution is -0.114. The summed E-state index contributed by atoms with van der Waals surface area (Å²) in [6.07, 6.45) is 5.30. The number of fused-ring (bicyclic) bond motifs is 3. The molecule has 2 aliphatic heterocycles. The van der Waals surface area contributed by atoms with Gasteiger partial charge in [0.1, 0.15) is 11.4 Å². The molecule has 174 valence electrons. The zero-order valence-electron chi connectivity index (χ0n) is 18.9. The highest BCUT2D eigenvalue weighted by molar-refractivity contribution is 5.98. The molecule has 0 aromatic carbocycles. The van der Waals surface area contributed by atoms with Crippen LogP contribution >= 0.6 is 0 Å². The van der Waals surface area contributed by atoms with Gasteiger partial charge in [-0.15, -0.1) is 0 Å². The molecule has 1 spiro atoms. The monoisotopic (exact) mass is 452 g/mol. The van der Waals surface area contributed by atoms with E-state index in [0.717, 1.165) is 51.8 Å². The van der Waals surface area contributed by atoms with Crippen LogP contribution in [0.3, 0.4) is 0 Å². The molecule has 33 heavy (non-hydrogen) atoms. The van der Waals surface area contributed by atoms with Crippen LogP contribution in [-0.4, -0.2) is 58.6 Å². The zero-order valence-corrected chi connectivity index (χ0v) is 18.9. The van der Waals surface area contributed by atoms with Crippen molar-refractivity contribution in [2.45, 2.75) is 32.0 Å². The number of carbonyl (C=O) groups excluding carboxylic acids is 1. The van der Waals surface area contributed by atoms with Gasteiger partial charge in [-0.3, -0.25) is 4.79 Å². The molecule has 0 aliphatic carbocycles. The third kappa shape index (κ3) is 4.02. The second-order valence-electron chi connectivity index (χ2n) is 8.59. The molecule has 9 nitrogen and oxygen atoms in total. The first-order valence-electron chi connectivity index (χ1n) is 11.2. The number of anilines is 1. The fourth-order valence-electron chi connectivity index (χ4n) is 4.79. The molecular weight excluding hydrogens is 424 g/mol. The Morgan fingerprint density at radius 3 is 3.00 bits per heavy atom. The Bertz CT molecular complexity index is 1200. The van der Waals surface area contributed by atoms with E-state index in [2.05, 4.69) is 16.4 Å². The van der Waals surface area contributed by atoms with Gasteiger partial charge < -0.3 is 29.2 Å². The molecule has 9 heteroatoms. The minimum absolute atomic E-state index is 0.0245. The molecule has 3 aromatic heterocycles. The fourth-order valence-corrected chi connectivity index (χ4v) is 4.79. The predicted molar refractivity (Wildman–Crippen MR) is 122 cm³/mol. The number of carbonyl (C=O) groups is 1. The molecule has 1 fully saturated rings. The first kappa shape index (κ1) is 22.0. The van der Waals surface area contributed by atoms with Gasteiger partial charge in [-0.05, 0) is 29.7 Å². The van der Waals surface area contributed by atoms with Crippen molar-refractivity contribution < 1.29 is 24.1 Å². The van der Waals surface area contributed by atoms with E-state index in [1.165, 1.54) is 6.92 Å². The third-order valence-electron chi connectivity index (χ3n) is 6.31. The molecule has 1 atom stereocenters. The number of aliphatic hydroxyl groups is 1. The maximum Gasteiger partial charge on any atom is 0.222 e. The van der Waals surface area contributed by atoms with E-state index >= 15 is 0 Å². The van der Waals surface area contributed by atoms with Crippen molar-refractivity contribution in [2.75, 3.05) is 38.4 Å². The van der Waals surface area contributed by atoms with Crippen LogP contribution in [0.25, 0.3) is 22.2 Å². The fraction of sp³-hybridized carbons (Fsp3) is 0.458. The van der Waals surface area contributed by atoms with Crippen molar-refractivity contribution in [1.82, 2.24) is 14.5 Å². The van der Waals surface area contributed by atoms with Gasteiger partial charge in [-0.2, -0.15) is 0 Å². The molecule has 1 unspecified atom stereocenters. The molecular formula is C24H28N4O5. The van der Waals surface area contributed by atoms with Gasteiger partial charge in [0.05, 0.1) is 56.1 Å². The Labute approximate surface area is 191 Å². The van der Waals surface area contributed by atoms with Crippen molar-refractivity contribution in [3.05, 3.63) is 41.3 Å². The molecule has 5 heterocycles. The van der Waals surface area contributed by atoms with Crippen LogP contribution in [0, 0.1) is 0 Å². The van der Waals surface area contributed by atoms with E-state index in [9.17, 15) is 9.90 Å². The van der Waals surface area contributed by atoms with Crippen LogP contribution in [0.2, 0.25) is 0 Å². The third-order valence-corrected chi connectivity index (χ3v) is 6.31. The number of hydrogen-bond donors (Lipinski definition) is 2. The number of aryl methyl sites for hydroxylation is 1. The zero-order chi connectivity index (χ0) is 23.0. The average molecular weight is 453 g/mol. The highest BCUT2D eigenvalue weighted by Gasteiger charge is 2.44. The molecule has 0 saturated carbocycles. The van der Waals surface area contributed by atoms with Gasteiger partial charge >= 0.3 is 0 Å². The summed E-state index contributed by atoms with van der Waals surface area (Å²) in [4.78, 5) is 21.0. The predicted octanol–water partition coefficient (Wildman–Crippen LogP) is 2.29. The van der Waals surface area contributed by atoms with Crippen LogP contribution in [0.1, 0.15) is 30.2 Å². The number of aromatic nitrogens is 3. The maximum absolute atomic E-state index is 11.6. The molecule has 1 saturated heterocycles. The standard InChI is InChI=1S/C24H28N4O5/c1-15(30)26-22-10-18-19(12-28(2)21(18)11-25-22)20-9-16(13-31-8-5-29)17-3-6-33-24(23(17)27-20)4-7-32-14-24/h9-12,29H,3-8,13-14H2,1-2H3,(H,25,26,30). The second-order valence-corrected chi connectivity index (χ2v) is 8.59. The Kier molecular flexibility index (Phi) is 5.88. The topological polar surface area (TPSA) is 108 Å². The number of ether oxygens (including phenoxy) is 3. The molecule has 0 radical (unpaired) electrons. The molecule has 5 rings (SSSR count). The number of amides is 1. The minimum Gasteiger partial charge on any atom is -0.394 e. The largest absolute Gasteiger partial charge is 0.394 e. The number of rotatable bonds is 6. The number of hydrogen-bond acceptors (Lipinski definition) is 7. The van der Waals surface area contributed by atoms with E-state index < -0.39 is 5.60 Å². The van der Waals surface area contributed by atoms with E-state index in [0.29, 0.717) is 32.2 Å². The van der Waals surface area contributed by atoms with Crippen molar-refractivity contribution in [2.24, 2.45) is 7.05 Å². The van der Waals surface area contributed by atoms with Gasteiger partial charge in [0.25, 0.3) is 0 Å². The van der Waals surface area contributed by atoms with Crippen molar-refractivity contribution in [3.8, 4) is 11.3 Å². The second kappa shape index (κ2) is 8.83. The van der Waals surface area contributed by atoms with Crippen molar-refractivity contribution in [3.63, 3.8) is 0 Å². The smallest absolute Gasteiger partial charge is 0.222 e. The first-order valence-corrected chi connectivity index (χ1v) is 11.2. The van der Waals surface area contributed by atoms with Crippen molar-refractivity contribution in [1.29, 1.82) is 0 Å². The number of nitrogens with zero attached hydrogens (tertiary/aromatic N) is 3. The summed E-state index contributed by atoms with van der Waals surface area (Å²) >= 11 is 0. The average Bonchev–Trinajstić information content (AvgIpc) is 3.39. The summed E-state index contributed by atoms with van der Waals surface area (Å²) < 4.78 is 19.7. The van der Waals surface area contributed by atoms with E-state index in [-0.39, 0.29) is 19.1 Å². The van der Waals surface area contributed by atoms with Gasteiger partial charge in [0.15, 0.2) is 0 Å². The lowest BCUT2D eigenvalue weighted by atomic mass is 9.87. The van der Waals surface area contributed by atoms with E-state index in [1.54, 1.807) is 6.20 Å². The highest BCUT2D eigenvalue weighted by atomic mass is 16.6. The summed E-state index contributed by atoms with van der Waals surface area (Å²) in [5.74, 6) is 0.325. The summed E-state index contributed by atoms with van der Waals surface area (Å²) in [7, 11) is 1.96.